The van der Waals surface area contributed by atoms with E-state index in [4.69, 9.17) is 4.74 Å². The Labute approximate surface area is 219 Å². The van der Waals surface area contributed by atoms with Crippen LogP contribution in [0.3, 0.4) is 0 Å². The van der Waals surface area contributed by atoms with Gasteiger partial charge in [0.15, 0.2) is 5.82 Å². The average molecular weight is 522 g/mol. The number of nitrogens with zero attached hydrogens (tertiary/aromatic N) is 2. The topological polar surface area (TPSA) is 51.8 Å². The van der Waals surface area contributed by atoms with E-state index in [1.54, 1.807) is 4.90 Å². The molecule has 0 bridgehead atoms. The summed E-state index contributed by atoms with van der Waals surface area (Å²) >= 11 is 0. The van der Waals surface area contributed by atoms with Crippen LogP contribution in [0.2, 0.25) is 0 Å². The first-order valence-corrected chi connectivity index (χ1v) is 14.1. The molecule has 4 aliphatic rings. The van der Waals surface area contributed by atoms with Crippen LogP contribution in [0.25, 0.3) is 5.57 Å². The highest BCUT2D eigenvalue weighted by molar-refractivity contribution is 5.77. The highest BCUT2D eigenvalue weighted by Gasteiger charge is 2.38. The molecule has 1 saturated carbocycles. The number of hydrogen-bond donors (Lipinski definition) is 3. The smallest absolute Gasteiger partial charge is 0.251 e. The number of halogens is 3. The fraction of sp³-hybridized carbons (Fsp3) is 0.714. The Kier molecular flexibility index (Phi) is 8.63. The van der Waals surface area contributed by atoms with Crippen LogP contribution in [0.1, 0.15) is 69.4 Å². The number of nitrogens with one attached hydrogen (secondary N) is 3. The molecule has 0 radical (unpaired) electrons. The number of rotatable bonds is 7. The second kappa shape index (κ2) is 11.9. The summed E-state index contributed by atoms with van der Waals surface area (Å²) in [5, 5.41) is 10.8. The lowest BCUT2D eigenvalue weighted by Crippen LogP contribution is -2.68. The van der Waals surface area contributed by atoms with Crippen molar-refractivity contribution in [1.29, 1.82) is 0 Å². The molecule has 1 aromatic rings. The Morgan fingerprint density at radius 1 is 1.16 bits per heavy atom. The lowest BCUT2D eigenvalue weighted by molar-refractivity contribution is -0.00255. The van der Waals surface area contributed by atoms with Gasteiger partial charge < -0.3 is 15.4 Å². The molecule has 1 aliphatic carbocycles. The molecule has 0 amide bonds. The zero-order valence-electron chi connectivity index (χ0n) is 22.2. The average Bonchev–Trinajstić information content (AvgIpc) is 3.22. The van der Waals surface area contributed by atoms with Gasteiger partial charge in [-0.15, -0.1) is 0 Å². The summed E-state index contributed by atoms with van der Waals surface area (Å²) in [5.41, 5.74) is 2.86. The van der Waals surface area contributed by atoms with Crippen LogP contribution in [-0.2, 0) is 6.42 Å². The summed E-state index contributed by atoms with van der Waals surface area (Å²) < 4.78 is 48.3. The van der Waals surface area contributed by atoms with E-state index in [1.807, 2.05) is 19.2 Å². The quantitative estimate of drug-likeness (QED) is 0.481. The monoisotopic (exact) mass is 521 g/mol. The van der Waals surface area contributed by atoms with Crippen LogP contribution < -0.4 is 20.7 Å². The first-order valence-electron chi connectivity index (χ1n) is 14.1. The molecule has 2 fully saturated rings. The van der Waals surface area contributed by atoms with Crippen molar-refractivity contribution in [3.05, 3.63) is 29.1 Å². The molecule has 3 unspecified atom stereocenters. The van der Waals surface area contributed by atoms with Crippen molar-refractivity contribution < 1.29 is 17.9 Å². The second-order valence-electron chi connectivity index (χ2n) is 11.1. The summed E-state index contributed by atoms with van der Waals surface area (Å²) in [6.07, 6.45) is 8.69. The first-order chi connectivity index (χ1) is 17.9. The predicted octanol–water partition coefficient (Wildman–Crippen LogP) is 4.76. The minimum absolute atomic E-state index is 0.198. The van der Waals surface area contributed by atoms with Crippen molar-refractivity contribution in [2.24, 2.45) is 0 Å². The molecular weight excluding hydrogens is 479 g/mol. The van der Waals surface area contributed by atoms with Gasteiger partial charge in [0.05, 0.1) is 30.6 Å². The molecule has 3 atom stereocenters. The molecule has 37 heavy (non-hydrogen) atoms. The molecule has 9 heteroatoms. The van der Waals surface area contributed by atoms with Crippen molar-refractivity contribution >= 4 is 11.3 Å². The fourth-order valence-corrected chi connectivity index (χ4v) is 6.65. The number of ether oxygens (including phenoxy) is 1. The first kappa shape index (κ1) is 26.8. The van der Waals surface area contributed by atoms with E-state index in [9.17, 15) is 8.78 Å². The number of benzene rings is 1. The molecule has 0 spiro atoms. The van der Waals surface area contributed by atoms with Gasteiger partial charge in [0.2, 0.25) is 0 Å². The van der Waals surface area contributed by atoms with Gasteiger partial charge in [0.1, 0.15) is 12.0 Å². The van der Waals surface area contributed by atoms with Gasteiger partial charge in [0.25, 0.3) is 6.43 Å². The number of allylic oxidation sites excluding steroid dienone is 1. The summed E-state index contributed by atoms with van der Waals surface area (Å²) in [5.74, 6) is 0.317. The van der Waals surface area contributed by atoms with Crippen molar-refractivity contribution in [3.8, 4) is 5.75 Å². The zero-order valence-corrected chi connectivity index (χ0v) is 22.2. The van der Waals surface area contributed by atoms with E-state index in [0.717, 1.165) is 36.8 Å². The number of anilines is 1. The lowest BCUT2D eigenvalue weighted by Gasteiger charge is -2.50. The van der Waals surface area contributed by atoms with Gasteiger partial charge in [-0.2, -0.15) is 0 Å². The third kappa shape index (κ3) is 5.95. The number of hydrogen-bond acceptors (Lipinski definition) is 6. The molecule has 1 saturated heterocycles. The standard InChI is InChI=1S/C28H42F3N5O/c1-18-15-24(32-2)36(21-8-4-3-5-9-21)28(33-18)34-22-16-20-11-14-37-27(20)25(26(22)31)19-7-6-12-35(13-10-19)17-23(29)30/h10,16,18,21,23-24,28,32-34H,3-9,11-15,17H2,1-2H3. The van der Waals surface area contributed by atoms with Crippen LogP contribution in [0.15, 0.2) is 12.1 Å². The molecule has 3 N–H and O–H groups in total. The van der Waals surface area contributed by atoms with Gasteiger partial charge in [-0.05, 0) is 64.3 Å². The highest BCUT2D eigenvalue weighted by atomic mass is 19.3. The Morgan fingerprint density at radius 2 is 1.97 bits per heavy atom. The third-order valence-corrected chi connectivity index (χ3v) is 8.44. The molecule has 3 heterocycles. The fourth-order valence-electron chi connectivity index (χ4n) is 6.65. The lowest BCUT2D eigenvalue weighted by atomic mass is 9.92. The zero-order chi connectivity index (χ0) is 25.9. The Morgan fingerprint density at radius 3 is 2.73 bits per heavy atom. The van der Waals surface area contributed by atoms with Crippen molar-refractivity contribution in [1.82, 2.24) is 20.4 Å². The normalized spacial score (nSPS) is 28.1. The molecule has 3 aliphatic heterocycles. The molecule has 206 valence electrons. The van der Waals surface area contributed by atoms with E-state index in [1.165, 1.54) is 19.3 Å². The summed E-state index contributed by atoms with van der Waals surface area (Å²) in [4.78, 5) is 4.22. The molecule has 1 aromatic carbocycles. The van der Waals surface area contributed by atoms with Gasteiger partial charge in [-0.25, -0.2) is 13.2 Å². The highest BCUT2D eigenvalue weighted by Crippen LogP contribution is 2.42. The third-order valence-electron chi connectivity index (χ3n) is 8.44. The van der Waals surface area contributed by atoms with Gasteiger partial charge in [-0.1, -0.05) is 25.3 Å². The van der Waals surface area contributed by atoms with E-state index in [2.05, 4.69) is 27.8 Å². The van der Waals surface area contributed by atoms with Gasteiger partial charge in [-0.3, -0.25) is 15.1 Å². The van der Waals surface area contributed by atoms with Crippen molar-refractivity contribution in [2.75, 3.05) is 38.6 Å². The maximum Gasteiger partial charge on any atom is 0.251 e. The summed E-state index contributed by atoms with van der Waals surface area (Å²) in [7, 11) is 2.01. The Bertz CT molecular complexity index is 966. The SMILES string of the molecule is CNC1CC(C)NC(Nc2cc3c(c(C4=CCN(CC(F)F)CCC4)c2F)OCC3)N1C1CCCCC1. The van der Waals surface area contributed by atoms with Crippen molar-refractivity contribution in [3.63, 3.8) is 0 Å². The van der Waals surface area contributed by atoms with Crippen LogP contribution in [0.5, 0.6) is 5.75 Å². The van der Waals surface area contributed by atoms with E-state index in [0.29, 0.717) is 55.6 Å². The minimum atomic E-state index is -2.37. The van der Waals surface area contributed by atoms with E-state index < -0.39 is 6.43 Å². The molecule has 6 nitrogen and oxygen atoms in total. The Hall–Kier alpha value is -1.81. The summed E-state index contributed by atoms with van der Waals surface area (Å²) in [6.45, 7) is 3.44. The largest absolute Gasteiger partial charge is 0.492 e. The van der Waals surface area contributed by atoms with Gasteiger partial charge in [0, 0.05) is 30.6 Å². The minimum Gasteiger partial charge on any atom is -0.492 e. The molecule has 0 aromatic heterocycles. The van der Waals surface area contributed by atoms with Crippen LogP contribution >= 0.6 is 0 Å². The maximum absolute atomic E-state index is 16.4. The van der Waals surface area contributed by atoms with Crippen LogP contribution in [0, 0.1) is 5.82 Å². The van der Waals surface area contributed by atoms with Crippen molar-refractivity contribution in [2.45, 2.75) is 95.7 Å². The molecule has 5 rings (SSSR count). The summed E-state index contributed by atoms with van der Waals surface area (Å²) in [6, 6.07) is 2.63. The van der Waals surface area contributed by atoms with Crippen LogP contribution in [0.4, 0.5) is 18.9 Å². The Balaban J connectivity index is 1.46. The van der Waals surface area contributed by atoms with Crippen LogP contribution in [-0.4, -0.2) is 74.1 Å². The predicted molar refractivity (Wildman–Crippen MR) is 141 cm³/mol. The van der Waals surface area contributed by atoms with E-state index >= 15 is 4.39 Å². The van der Waals surface area contributed by atoms with E-state index in [-0.39, 0.29) is 30.9 Å². The number of alkyl halides is 2. The maximum atomic E-state index is 16.4. The second-order valence-corrected chi connectivity index (χ2v) is 11.1. The van der Waals surface area contributed by atoms with Gasteiger partial charge >= 0.3 is 0 Å². The number of fused-ring (bicyclic) bond motifs is 1. The molecular formula is C28H42F3N5O.